The maximum atomic E-state index is 12.2. The Hall–Kier alpha value is -1.44. The highest BCUT2D eigenvalue weighted by Crippen LogP contribution is 2.14. The Labute approximate surface area is 119 Å². The first-order valence-corrected chi connectivity index (χ1v) is 7.97. The van der Waals surface area contributed by atoms with Gasteiger partial charge in [0.2, 0.25) is 15.9 Å². The summed E-state index contributed by atoms with van der Waals surface area (Å²) in [6, 6.07) is 5.74. The van der Waals surface area contributed by atoms with Crippen LogP contribution in [-0.4, -0.2) is 26.9 Å². The number of amides is 1. The molecule has 1 rings (SSSR count). The largest absolute Gasteiger partial charge is 0.329 e. The molecule has 4 N–H and O–H groups in total. The van der Waals surface area contributed by atoms with Gasteiger partial charge in [-0.25, -0.2) is 13.1 Å². The van der Waals surface area contributed by atoms with Crippen LogP contribution in [0.4, 0.5) is 5.69 Å². The van der Waals surface area contributed by atoms with Crippen LogP contribution < -0.4 is 15.8 Å². The van der Waals surface area contributed by atoms with Gasteiger partial charge >= 0.3 is 0 Å². The van der Waals surface area contributed by atoms with Gasteiger partial charge in [0.1, 0.15) is 0 Å². The van der Waals surface area contributed by atoms with Crippen molar-refractivity contribution in [2.45, 2.75) is 37.6 Å². The minimum absolute atomic E-state index is 0.154. The van der Waals surface area contributed by atoms with E-state index in [1.807, 2.05) is 6.92 Å². The summed E-state index contributed by atoms with van der Waals surface area (Å²) in [6.07, 6.45) is 1.55. The van der Waals surface area contributed by atoms with E-state index in [0.717, 1.165) is 6.42 Å². The molecule has 0 spiro atoms. The fraction of sp³-hybridized carbons (Fsp3) is 0.462. The molecule has 0 aliphatic carbocycles. The van der Waals surface area contributed by atoms with Crippen molar-refractivity contribution in [1.29, 1.82) is 0 Å². The van der Waals surface area contributed by atoms with Crippen LogP contribution in [0.5, 0.6) is 0 Å². The average molecular weight is 299 g/mol. The molecule has 7 heteroatoms. The van der Waals surface area contributed by atoms with Crippen LogP contribution in [0.2, 0.25) is 0 Å². The van der Waals surface area contributed by atoms with Crippen molar-refractivity contribution in [3.63, 3.8) is 0 Å². The smallest absolute Gasteiger partial charge is 0.240 e. The minimum atomic E-state index is -3.58. The summed E-state index contributed by atoms with van der Waals surface area (Å²) in [5.41, 5.74) is 6.10. The zero-order chi connectivity index (χ0) is 15.2. The molecule has 6 nitrogen and oxygen atoms in total. The van der Waals surface area contributed by atoms with Crippen molar-refractivity contribution in [2.24, 2.45) is 5.73 Å². The Kier molecular flexibility index (Phi) is 6.12. The fourth-order valence-corrected chi connectivity index (χ4v) is 3.06. The average Bonchev–Trinajstić information content (AvgIpc) is 2.38. The summed E-state index contributed by atoms with van der Waals surface area (Å²) in [5, 5.41) is 2.58. The Morgan fingerprint density at radius 1 is 1.30 bits per heavy atom. The minimum Gasteiger partial charge on any atom is -0.329 e. The summed E-state index contributed by atoms with van der Waals surface area (Å²) in [7, 11) is -3.58. The highest BCUT2D eigenvalue weighted by atomic mass is 32.2. The number of benzene rings is 1. The van der Waals surface area contributed by atoms with Crippen LogP contribution in [0.25, 0.3) is 0 Å². The molecular formula is C13H21N3O3S. The van der Waals surface area contributed by atoms with Gasteiger partial charge in [-0.15, -0.1) is 0 Å². The van der Waals surface area contributed by atoms with Crippen molar-refractivity contribution in [1.82, 2.24) is 4.72 Å². The molecule has 0 aliphatic rings. The van der Waals surface area contributed by atoms with E-state index in [4.69, 9.17) is 5.73 Å². The summed E-state index contributed by atoms with van der Waals surface area (Å²) in [4.78, 5) is 11.0. The van der Waals surface area contributed by atoms with Gasteiger partial charge in [-0.1, -0.05) is 13.3 Å². The molecule has 1 amide bonds. The number of sulfonamides is 1. The second-order valence-electron chi connectivity index (χ2n) is 4.55. The standard InChI is InChI=1S/C13H21N3O3S/c1-3-4-12(9-14)16-20(18,19)13-7-5-11(6-8-13)15-10(2)17/h5-8,12,16H,3-4,9,14H2,1-2H3,(H,15,17). The van der Waals surface area contributed by atoms with E-state index in [2.05, 4.69) is 10.0 Å². The monoisotopic (exact) mass is 299 g/mol. The van der Waals surface area contributed by atoms with Crippen molar-refractivity contribution >= 4 is 21.6 Å². The molecular weight excluding hydrogens is 278 g/mol. The van der Waals surface area contributed by atoms with Crippen LogP contribution in [0, 0.1) is 0 Å². The molecule has 0 heterocycles. The Balaban J connectivity index is 2.84. The maximum Gasteiger partial charge on any atom is 0.240 e. The van der Waals surface area contributed by atoms with E-state index in [1.165, 1.54) is 19.1 Å². The number of anilines is 1. The number of hydrogen-bond acceptors (Lipinski definition) is 4. The zero-order valence-corrected chi connectivity index (χ0v) is 12.5. The fourth-order valence-electron chi connectivity index (χ4n) is 1.78. The van der Waals surface area contributed by atoms with Gasteiger partial charge in [-0.05, 0) is 30.7 Å². The van der Waals surface area contributed by atoms with E-state index in [1.54, 1.807) is 12.1 Å². The van der Waals surface area contributed by atoms with Crippen molar-refractivity contribution in [2.75, 3.05) is 11.9 Å². The lowest BCUT2D eigenvalue weighted by molar-refractivity contribution is -0.114. The van der Waals surface area contributed by atoms with Gasteiger partial charge < -0.3 is 11.1 Å². The first kappa shape index (κ1) is 16.6. The van der Waals surface area contributed by atoms with Gasteiger partial charge in [0.05, 0.1) is 4.90 Å². The summed E-state index contributed by atoms with van der Waals surface area (Å²) < 4.78 is 26.9. The molecule has 112 valence electrons. The molecule has 0 aromatic heterocycles. The number of carbonyl (C=O) groups is 1. The SMILES string of the molecule is CCCC(CN)NS(=O)(=O)c1ccc(NC(C)=O)cc1. The summed E-state index contributed by atoms with van der Waals surface area (Å²) in [5.74, 6) is -0.204. The Morgan fingerprint density at radius 3 is 2.35 bits per heavy atom. The molecule has 0 bridgehead atoms. The first-order chi connectivity index (χ1) is 9.39. The molecule has 0 aliphatic heterocycles. The topological polar surface area (TPSA) is 101 Å². The number of carbonyl (C=O) groups excluding carboxylic acids is 1. The number of nitrogens with one attached hydrogen (secondary N) is 2. The molecule has 0 radical (unpaired) electrons. The zero-order valence-electron chi connectivity index (χ0n) is 11.7. The lowest BCUT2D eigenvalue weighted by atomic mass is 10.2. The van der Waals surface area contributed by atoms with Gasteiger partial charge in [-0.2, -0.15) is 0 Å². The van der Waals surface area contributed by atoms with Crippen molar-refractivity contribution in [3.8, 4) is 0 Å². The van der Waals surface area contributed by atoms with Crippen LogP contribution in [0.1, 0.15) is 26.7 Å². The summed E-state index contributed by atoms with van der Waals surface area (Å²) >= 11 is 0. The lowest BCUT2D eigenvalue weighted by Crippen LogP contribution is -2.39. The van der Waals surface area contributed by atoms with Gasteiger partial charge in [0, 0.05) is 25.2 Å². The van der Waals surface area contributed by atoms with E-state index in [9.17, 15) is 13.2 Å². The number of rotatable bonds is 7. The van der Waals surface area contributed by atoms with Crippen molar-refractivity contribution < 1.29 is 13.2 Å². The Morgan fingerprint density at radius 2 is 1.90 bits per heavy atom. The third-order valence-electron chi connectivity index (χ3n) is 2.73. The highest BCUT2D eigenvalue weighted by molar-refractivity contribution is 7.89. The van der Waals surface area contributed by atoms with E-state index < -0.39 is 10.0 Å². The van der Waals surface area contributed by atoms with E-state index >= 15 is 0 Å². The third kappa shape index (κ3) is 4.92. The van der Waals surface area contributed by atoms with Gasteiger partial charge in [0.15, 0.2) is 0 Å². The molecule has 1 aromatic carbocycles. The van der Waals surface area contributed by atoms with Crippen LogP contribution >= 0.6 is 0 Å². The molecule has 0 saturated heterocycles. The second-order valence-corrected chi connectivity index (χ2v) is 6.26. The lowest BCUT2D eigenvalue weighted by Gasteiger charge is -2.16. The normalized spacial score (nSPS) is 12.9. The molecule has 0 fully saturated rings. The molecule has 20 heavy (non-hydrogen) atoms. The number of hydrogen-bond donors (Lipinski definition) is 3. The summed E-state index contributed by atoms with van der Waals surface area (Å²) in [6.45, 7) is 3.62. The predicted molar refractivity (Wildman–Crippen MR) is 78.8 cm³/mol. The van der Waals surface area contributed by atoms with E-state index in [0.29, 0.717) is 12.1 Å². The number of nitrogens with two attached hydrogens (primary N) is 1. The quantitative estimate of drug-likeness (QED) is 0.700. The van der Waals surface area contributed by atoms with Gasteiger partial charge in [0.25, 0.3) is 0 Å². The maximum absolute atomic E-state index is 12.2. The molecule has 0 saturated carbocycles. The molecule has 1 aromatic rings. The highest BCUT2D eigenvalue weighted by Gasteiger charge is 2.18. The Bertz CT molecular complexity index is 540. The first-order valence-electron chi connectivity index (χ1n) is 6.49. The van der Waals surface area contributed by atoms with E-state index in [-0.39, 0.29) is 23.4 Å². The molecule has 1 unspecified atom stereocenters. The predicted octanol–water partition coefficient (Wildman–Crippen LogP) is 1.05. The van der Waals surface area contributed by atoms with Gasteiger partial charge in [-0.3, -0.25) is 4.79 Å². The molecule has 1 atom stereocenters. The van der Waals surface area contributed by atoms with Crippen LogP contribution in [0.15, 0.2) is 29.2 Å². The van der Waals surface area contributed by atoms with Crippen LogP contribution in [0.3, 0.4) is 0 Å². The van der Waals surface area contributed by atoms with Crippen LogP contribution in [-0.2, 0) is 14.8 Å². The second kappa shape index (κ2) is 7.37. The van der Waals surface area contributed by atoms with Crippen molar-refractivity contribution in [3.05, 3.63) is 24.3 Å². The third-order valence-corrected chi connectivity index (χ3v) is 4.26.